The molecule has 0 aliphatic heterocycles. The van der Waals surface area contributed by atoms with Crippen molar-refractivity contribution in [1.82, 2.24) is 4.90 Å². The van der Waals surface area contributed by atoms with Crippen LogP contribution in [0.4, 0.5) is 4.79 Å². The fourth-order valence-electron chi connectivity index (χ4n) is 0.610. The van der Waals surface area contributed by atoms with Gasteiger partial charge in [-0.1, -0.05) is 5.92 Å². The van der Waals surface area contributed by atoms with Crippen LogP contribution < -0.4 is 0 Å². The van der Waals surface area contributed by atoms with Gasteiger partial charge in [0.15, 0.2) is 6.29 Å². The van der Waals surface area contributed by atoms with Gasteiger partial charge < -0.3 is 9.64 Å². The second-order valence-electron chi connectivity index (χ2n) is 3.78. The van der Waals surface area contributed by atoms with Crippen LogP contribution in [0.15, 0.2) is 0 Å². The number of aldehydes is 1. The highest BCUT2D eigenvalue weighted by atomic mass is 16.6. The fourth-order valence-corrected chi connectivity index (χ4v) is 0.610. The van der Waals surface area contributed by atoms with E-state index in [-0.39, 0.29) is 6.54 Å². The number of hydrogen-bond acceptors (Lipinski definition) is 3. The standard InChI is InChI=1S/C10H15NO3/c1-10(2,3)14-9(13)11(4)7-5-6-8-12/h8H,7H2,1-4H3. The second kappa shape index (κ2) is 5.28. The molecule has 0 aliphatic rings. The Morgan fingerprint density at radius 1 is 1.50 bits per heavy atom. The monoisotopic (exact) mass is 197 g/mol. The van der Waals surface area contributed by atoms with Crippen LogP contribution in [0.5, 0.6) is 0 Å². The Morgan fingerprint density at radius 3 is 2.50 bits per heavy atom. The molecule has 1 amide bonds. The molecule has 4 heteroatoms. The van der Waals surface area contributed by atoms with Gasteiger partial charge in [0, 0.05) is 7.05 Å². The third kappa shape index (κ3) is 6.06. The van der Waals surface area contributed by atoms with Gasteiger partial charge in [0.1, 0.15) is 5.60 Å². The number of rotatable bonds is 1. The predicted octanol–water partition coefficient (Wildman–Crippen LogP) is 1.06. The van der Waals surface area contributed by atoms with Crippen LogP contribution in [-0.4, -0.2) is 36.5 Å². The van der Waals surface area contributed by atoms with Crippen LogP contribution in [0, 0.1) is 11.8 Å². The first-order chi connectivity index (χ1) is 6.37. The topological polar surface area (TPSA) is 46.6 Å². The van der Waals surface area contributed by atoms with E-state index in [0.717, 1.165) is 0 Å². The van der Waals surface area contributed by atoms with Gasteiger partial charge in [0.05, 0.1) is 6.54 Å². The number of amides is 1. The Bertz CT molecular complexity index is 267. The molecule has 0 N–H and O–H groups in total. The molecule has 0 atom stereocenters. The van der Waals surface area contributed by atoms with E-state index >= 15 is 0 Å². The van der Waals surface area contributed by atoms with Crippen LogP contribution in [0.1, 0.15) is 20.8 Å². The summed E-state index contributed by atoms with van der Waals surface area (Å²) in [4.78, 5) is 22.5. The molecule has 0 saturated carbocycles. The number of nitrogens with zero attached hydrogens (tertiary/aromatic N) is 1. The van der Waals surface area contributed by atoms with E-state index in [9.17, 15) is 9.59 Å². The van der Waals surface area contributed by atoms with E-state index in [0.29, 0.717) is 6.29 Å². The van der Waals surface area contributed by atoms with Crippen molar-refractivity contribution in [3.05, 3.63) is 0 Å². The molecule has 0 bridgehead atoms. The van der Waals surface area contributed by atoms with Crippen molar-refractivity contribution in [3.8, 4) is 11.8 Å². The Labute approximate surface area is 84.2 Å². The van der Waals surface area contributed by atoms with E-state index in [1.807, 2.05) is 0 Å². The van der Waals surface area contributed by atoms with Crippen LogP contribution in [-0.2, 0) is 9.53 Å². The van der Waals surface area contributed by atoms with Gasteiger partial charge in [-0.15, -0.1) is 0 Å². The van der Waals surface area contributed by atoms with Crippen LogP contribution in [0.3, 0.4) is 0 Å². The zero-order chi connectivity index (χ0) is 11.2. The molecule has 0 fully saturated rings. The SMILES string of the molecule is CN(CC#CC=O)C(=O)OC(C)(C)C. The van der Waals surface area contributed by atoms with Crippen molar-refractivity contribution < 1.29 is 14.3 Å². The first-order valence-corrected chi connectivity index (χ1v) is 4.23. The third-order valence-electron chi connectivity index (χ3n) is 1.18. The van der Waals surface area contributed by atoms with Crippen LogP contribution >= 0.6 is 0 Å². The van der Waals surface area contributed by atoms with Gasteiger partial charge in [-0.3, -0.25) is 4.79 Å². The van der Waals surface area contributed by atoms with Crippen molar-refractivity contribution in [2.45, 2.75) is 26.4 Å². The maximum absolute atomic E-state index is 11.3. The minimum atomic E-state index is -0.510. The first kappa shape index (κ1) is 12.5. The van der Waals surface area contributed by atoms with E-state index in [2.05, 4.69) is 11.8 Å². The summed E-state index contributed by atoms with van der Waals surface area (Å²) in [5.74, 6) is 4.73. The molecule has 0 aromatic rings. The summed E-state index contributed by atoms with van der Waals surface area (Å²) in [6.45, 7) is 5.55. The summed E-state index contributed by atoms with van der Waals surface area (Å²) in [5.41, 5.74) is -0.510. The zero-order valence-electron chi connectivity index (χ0n) is 8.96. The van der Waals surface area contributed by atoms with E-state index in [4.69, 9.17) is 4.74 Å². The molecule has 14 heavy (non-hydrogen) atoms. The smallest absolute Gasteiger partial charge is 0.410 e. The minimum absolute atomic E-state index is 0.188. The largest absolute Gasteiger partial charge is 0.444 e. The lowest BCUT2D eigenvalue weighted by atomic mass is 10.2. The molecule has 0 aliphatic carbocycles. The Balaban J connectivity index is 4.06. The van der Waals surface area contributed by atoms with E-state index < -0.39 is 11.7 Å². The number of hydrogen-bond donors (Lipinski definition) is 0. The molecule has 0 heterocycles. The lowest BCUT2D eigenvalue weighted by Crippen LogP contribution is -2.34. The quantitative estimate of drug-likeness (QED) is 0.466. The van der Waals surface area contributed by atoms with Crippen LogP contribution in [0.2, 0.25) is 0 Å². The number of carbonyl (C=O) groups excluding carboxylic acids is 2. The molecule has 0 radical (unpaired) electrons. The van der Waals surface area contributed by atoms with Crippen molar-refractivity contribution in [2.75, 3.05) is 13.6 Å². The first-order valence-electron chi connectivity index (χ1n) is 4.23. The summed E-state index contributed by atoms with van der Waals surface area (Å²) in [7, 11) is 1.56. The molecule has 0 spiro atoms. The highest BCUT2D eigenvalue weighted by molar-refractivity contribution is 5.73. The molecule has 0 saturated heterocycles. The van der Waals surface area contributed by atoms with Crippen molar-refractivity contribution >= 4 is 12.4 Å². The maximum Gasteiger partial charge on any atom is 0.410 e. The van der Waals surface area contributed by atoms with Crippen molar-refractivity contribution in [3.63, 3.8) is 0 Å². The molecule has 4 nitrogen and oxygen atoms in total. The highest BCUT2D eigenvalue weighted by Gasteiger charge is 2.18. The Morgan fingerprint density at radius 2 is 2.07 bits per heavy atom. The Hall–Kier alpha value is -1.50. The van der Waals surface area contributed by atoms with Crippen molar-refractivity contribution in [1.29, 1.82) is 0 Å². The lowest BCUT2D eigenvalue weighted by Gasteiger charge is -2.23. The van der Waals surface area contributed by atoms with E-state index in [1.54, 1.807) is 27.8 Å². The molecule has 78 valence electrons. The molecule has 0 rings (SSSR count). The third-order valence-corrected chi connectivity index (χ3v) is 1.18. The molecule has 0 unspecified atom stereocenters. The molecule has 0 aromatic heterocycles. The lowest BCUT2D eigenvalue weighted by molar-refractivity contribution is -0.103. The van der Waals surface area contributed by atoms with Gasteiger partial charge in [0.2, 0.25) is 0 Å². The highest BCUT2D eigenvalue weighted by Crippen LogP contribution is 2.08. The summed E-state index contributed by atoms with van der Waals surface area (Å²) < 4.78 is 5.06. The normalized spacial score (nSPS) is 9.71. The number of ether oxygens (including phenoxy) is 1. The minimum Gasteiger partial charge on any atom is -0.444 e. The van der Waals surface area contributed by atoms with Gasteiger partial charge in [0.25, 0.3) is 0 Å². The van der Waals surface area contributed by atoms with E-state index in [1.165, 1.54) is 4.90 Å². The maximum atomic E-state index is 11.3. The number of carbonyl (C=O) groups is 2. The summed E-state index contributed by atoms with van der Waals surface area (Å²) >= 11 is 0. The fraction of sp³-hybridized carbons (Fsp3) is 0.600. The average molecular weight is 197 g/mol. The summed E-state index contributed by atoms with van der Waals surface area (Å²) in [6.07, 6.45) is 0.0424. The second-order valence-corrected chi connectivity index (χ2v) is 3.78. The van der Waals surface area contributed by atoms with Crippen molar-refractivity contribution in [2.24, 2.45) is 0 Å². The molecule has 0 aromatic carbocycles. The average Bonchev–Trinajstić information content (AvgIpc) is 2.01. The molecular weight excluding hydrogens is 182 g/mol. The zero-order valence-corrected chi connectivity index (χ0v) is 8.96. The summed E-state index contributed by atoms with van der Waals surface area (Å²) in [5, 5.41) is 0. The van der Waals surface area contributed by atoms with Gasteiger partial charge in [-0.05, 0) is 26.7 Å². The van der Waals surface area contributed by atoms with Crippen LogP contribution in [0.25, 0.3) is 0 Å². The summed E-state index contributed by atoms with van der Waals surface area (Å²) in [6, 6.07) is 0. The predicted molar refractivity (Wildman–Crippen MR) is 52.7 cm³/mol. The Kier molecular flexibility index (Phi) is 4.71. The molecular formula is C10H15NO3. The van der Waals surface area contributed by atoms with Gasteiger partial charge in [-0.25, -0.2) is 4.79 Å². The van der Waals surface area contributed by atoms with Gasteiger partial charge >= 0.3 is 6.09 Å². The van der Waals surface area contributed by atoms with Gasteiger partial charge in [-0.2, -0.15) is 0 Å².